The van der Waals surface area contributed by atoms with E-state index in [2.05, 4.69) is 27.7 Å². The van der Waals surface area contributed by atoms with Gasteiger partial charge in [0.25, 0.3) is 0 Å². The minimum Gasteiger partial charge on any atom is -0.465 e. The largest absolute Gasteiger partial charge is 0.465 e. The highest BCUT2D eigenvalue weighted by Gasteiger charge is 2.43. The van der Waals surface area contributed by atoms with Crippen LogP contribution >= 0.6 is 0 Å². The molecule has 224 valence electrons. The highest BCUT2D eigenvalue weighted by Crippen LogP contribution is 2.44. The van der Waals surface area contributed by atoms with Crippen LogP contribution in [0.25, 0.3) is 0 Å². The van der Waals surface area contributed by atoms with Crippen LogP contribution in [0.3, 0.4) is 0 Å². The minimum atomic E-state index is -0.236. The van der Waals surface area contributed by atoms with Crippen molar-refractivity contribution in [2.45, 2.75) is 175 Å². The van der Waals surface area contributed by atoms with Crippen molar-refractivity contribution in [3.8, 4) is 0 Å². The van der Waals surface area contributed by atoms with Crippen molar-refractivity contribution in [1.29, 1.82) is 0 Å². The molecule has 0 aromatic carbocycles. The average molecular weight is 537 g/mol. The van der Waals surface area contributed by atoms with Gasteiger partial charge in [0, 0.05) is 18.3 Å². The Labute approximate surface area is 236 Å². The Morgan fingerprint density at radius 2 is 0.947 bits per heavy atom. The molecule has 0 aliphatic heterocycles. The second kappa shape index (κ2) is 22.7. The van der Waals surface area contributed by atoms with Crippen LogP contribution in [-0.4, -0.2) is 25.2 Å². The molecule has 1 fully saturated rings. The topological polar surface area (TPSA) is 52.6 Å². The fourth-order valence-electron chi connectivity index (χ4n) is 6.03. The predicted octanol–water partition coefficient (Wildman–Crippen LogP) is 10.4. The van der Waals surface area contributed by atoms with Crippen LogP contribution in [0.5, 0.6) is 0 Å². The Bertz CT molecular complexity index is 549. The molecule has 0 heterocycles. The zero-order chi connectivity index (χ0) is 27.9. The summed E-state index contributed by atoms with van der Waals surface area (Å²) in [6, 6.07) is 0. The third kappa shape index (κ3) is 16.8. The van der Waals surface area contributed by atoms with Gasteiger partial charge in [-0.25, -0.2) is 0 Å². The smallest absolute Gasteiger partial charge is 0.305 e. The van der Waals surface area contributed by atoms with E-state index in [9.17, 15) is 9.59 Å². The van der Waals surface area contributed by atoms with Crippen molar-refractivity contribution in [2.75, 3.05) is 13.2 Å². The summed E-state index contributed by atoms with van der Waals surface area (Å²) in [5.41, 5.74) is -0.236. The van der Waals surface area contributed by atoms with E-state index in [0.717, 1.165) is 38.5 Å². The molecule has 0 amide bonds. The van der Waals surface area contributed by atoms with Crippen molar-refractivity contribution in [3.63, 3.8) is 0 Å². The number of hydrogen-bond donors (Lipinski definition) is 0. The monoisotopic (exact) mass is 536 g/mol. The van der Waals surface area contributed by atoms with Gasteiger partial charge in [-0.2, -0.15) is 0 Å². The van der Waals surface area contributed by atoms with Gasteiger partial charge in [-0.3, -0.25) is 9.59 Å². The number of unbranched alkanes of at least 4 members (excludes halogenated alkanes) is 16. The second-order valence-corrected chi connectivity index (χ2v) is 12.6. The maximum Gasteiger partial charge on any atom is 0.305 e. The molecule has 4 heteroatoms. The Morgan fingerprint density at radius 1 is 0.579 bits per heavy atom. The SMILES string of the molecule is CCCCCCCCCCCC(=O)OCC1(COC(=O)CCCCCCCCCCC)CC(C)CCC1C. The highest BCUT2D eigenvalue weighted by molar-refractivity contribution is 5.69. The molecule has 0 aromatic heterocycles. The van der Waals surface area contributed by atoms with E-state index in [-0.39, 0.29) is 17.4 Å². The van der Waals surface area contributed by atoms with Crippen molar-refractivity contribution < 1.29 is 19.1 Å². The summed E-state index contributed by atoms with van der Waals surface area (Å²) in [5, 5.41) is 0. The Hall–Kier alpha value is -1.06. The van der Waals surface area contributed by atoms with Gasteiger partial charge in [-0.1, -0.05) is 137 Å². The zero-order valence-electron chi connectivity index (χ0n) is 26.0. The number of carbonyl (C=O) groups excluding carboxylic acids is 2. The summed E-state index contributed by atoms with van der Waals surface area (Å²) in [4.78, 5) is 25.1. The van der Waals surface area contributed by atoms with Gasteiger partial charge in [0.1, 0.15) is 13.2 Å². The molecule has 1 rings (SSSR count). The molecule has 0 N–H and O–H groups in total. The number of hydrogen-bond acceptors (Lipinski definition) is 4. The molecule has 0 aromatic rings. The zero-order valence-corrected chi connectivity index (χ0v) is 26.0. The summed E-state index contributed by atoms with van der Waals surface area (Å²) in [6.45, 7) is 9.80. The van der Waals surface area contributed by atoms with Crippen LogP contribution in [0.4, 0.5) is 0 Å². The standard InChI is InChI=1S/C34H64O4/c1-5-7-9-11-13-15-17-19-21-23-32(35)37-28-34(27-30(3)25-26-31(34)4)29-38-33(36)24-22-20-18-16-14-12-10-8-6-2/h30-31H,5-29H2,1-4H3. The summed E-state index contributed by atoms with van der Waals surface area (Å²) >= 11 is 0. The Kier molecular flexibility index (Phi) is 20.9. The lowest BCUT2D eigenvalue weighted by Gasteiger charge is -2.44. The van der Waals surface area contributed by atoms with Crippen LogP contribution in [-0.2, 0) is 19.1 Å². The molecule has 2 atom stereocenters. The van der Waals surface area contributed by atoms with Crippen molar-refractivity contribution >= 4 is 11.9 Å². The second-order valence-electron chi connectivity index (χ2n) is 12.6. The lowest BCUT2D eigenvalue weighted by atomic mass is 9.64. The molecule has 2 unspecified atom stereocenters. The third-order valence-corrected chi connectivity index (χ3v) is 8.90. The van der Waals surface area contributed by atoms with Gasteiger partial charge >= 0.3 is 11.9 Å². The summed E-state index contributed by atoms with van der Waals surface area (Å²) in [5.74, 6) is 0.788. The Morgan fingerprint density at radius 3 is 1.34 bits per heavy atom. The number of carbonyl (C=O) groups is 2. The maximum atomic E-state index is 12.5. The van der Waals surface area contributed by atoms with E-state index < -0.39 is 0 Å². The fraction of sp³-hybridized carbons (Fsp3) is 0.941. The number of rotatable bonds is 24. The van der Waals surface area contributed by atoms with E-state index in [4.69, 9.17) is 9.47 Å². The van der Waals surface area contributed by atoms with Gasteiger partial charge in [0.05, 0.1) is 0 Å². The van der Waals surface area contributed by atoms with Gasteiger partial charge < -0.3 is 9.47 Å². The number of ether oxygens (including phenoxy) is 2. The molecular weight excluding hydrogens is 472 g/mol. The maximum absolute atomic E-state index is 12.5. The molecule has 0 radical (unpaired) electrons. The lowest BCUT2D eigenvalue weighted by molar-refractivity contribution is -0.160. The molecule has 0 bridgehead atoms. The molecule has 1 saturated carbocycles. The fourth-order valence-corrected chi connectivity index (χ4v) is 6.03. The predicted molar refractivity (Wildman–Crippen MR) is 160 cm³/mol. The minimum absolute atomic E-state index is 0.0845. The molecule has 38 heavy (non-hydrogen) atoms. The highest BCUT2D eigenvalue weighted by atomic mass is 16.5. The molecular formula is C34H64O4. The van der Waals surface area contributed by atoms with Gasteiger partial charge in [0.2, 0.25) is 0 Å². The first kappa shape index (κ1) is 35.0. The first-order valence-electron chi connectivity index (χ1n) is 16.7. The summed E-state index contributed by atoms with van der Waals surface area (Å²) < 4.78 is 11.7. The van der Waals surface area contributed by atoms with E-state index >= 15 is 0 Å². The molecule has 4 nitrogen and oxygen atoms in total. The molecule has 1 aliphatic carbocycles. The van der Waals surface area contributed by atoms with Crippen molar-refractivity contribution in [1.82, 2.24) is 0 Å². The van der Waals surface area contributed by atoms with E-state index in [1.165, 1.54) is 96.3 Å². The lowest BCUT2D eigenvalue weighted by Crippen LogP contribution is -2.44. The molecule has 0 spiro atoms. The molecule has 0 saturated heterocycles. The van der Waals surface area contributed by atoms with Crippen LogP contribution in [0.15, 0.2) is 0 Å². The van der Waals surface area contributed by atoms with Gasteiger partial charge in [-0.05, 0) is 37.5 Å². The van der Waals surface area contributed by atoms with Crippen LogP contribution in [0.1, 0.15) is 175 Å². The first-order valence-corrected chi connectivity index (χ1v) is 16.7. The summed E-state index contributed by atoms with van der Waals surface area (Å²) in [7, 11) is 0. The van der Waals surface area contributed by atoms with Gasteiger partial charge in [0.15, 0.2) is 0 Å². The van der Waals surface area contributed by atoms with E-state index in [1.54, 1.807) is 0 Å². The van der Waals surface area contributed by atoms with Crippen molar-refractivity contribution in [3.05, 3.63) is 0 Å². The molecule has 1 aliphatic rings. The third-order valence-electron chi connectivity index (χ3n) is 8.90. The normalized spacial score (nSPS) is 18.8. The van der Waals surface area contributed by atoms with Crippen LogP contribution in [0, 0.1) is 17.3 Å². The first-order chi connectivity index (χ1) is 18.4. The van der Waals surface area contributed by atoms with Crippen LogP contribution in [0.2, 0.25) is 0 Å². The summed E-state index contributed by atoms with van der Waals surface area (Å²) in [6.07, 6.45) is 26.7. The van der Waals surface area contributed by atoms with E-state index in [0.29, 0.717) is 37.9 Å². The van der Waals surface area contributed by atoms with Crippen LogP contribution < -0.4 is 0 Å². The quantitative estimate of drug-likeness (QED) is 0.0909. The van der Waals surface area contributed by atoms with Gasteiger partial charge in [-0.15, -0.1) is 0 Å². The van der Waals surface area contributed by atoms with Crippen molar-refractivity contribution in [2.24, 2.45) is 17.3 Å². The average Bonchev–Trinajstić information content (AvgIpc) is 2.91. The van der Waals surface area contributed by atoms with E-state index in [1.807, 2.05) is 0 Å². The number of esters is 2. The Balaban J connectivity index is 2.29.